The van der Waals surface area contributed by atoms with Gasteiger partial charge in [0, 0.05) is 18.5 Å². The van der Waals surface area contributed by atoms with E-state index in [1.165, 1.54) is 32.1 Å². The van der Waals surface area contributed by atoms with Crippen LogP contribution in [0.4, 0.5) is 0 Å². The summed E-state index contributed by atoms with van der Waals surface area (Å²) < 4.78 is 11.6. The summed E-state index contributed by atoms with van der Waals surface area (Å²) in [5.41, 5.74) is 7.40. The number of nitrogens with one attached hydrogen (secondary N) is 1. The SMILES string of the molecule is COc1cc(CNC(=O)C2CC3CCCC(C2)C3N)ccc1OC1CCCC1.Cl. The molecule has 0 heterocycles. The first-order valence-electron chi connectivity index (χ1n) is 11.0. The van der Waals surface area contributed by atoms with Crippen molar-refractivity contribution in [2.45, 2.75) is 76.5 Å². The van der Waals surface area contributed by atoms with E-state index in [1.807, 2.05) is 18.2 Å². The molecule has 0 aromatic heterocycles. The second kappa shape index (κ2) is 10.0. The first kappa shape index (κ1) is 22.2. The molecule has 0 aliphatic heterocycles. The summed E-state index contributed by atoms with van der Waals surface area (Å²) in [5, 5.41) is 3.14. The minimum atomic E-state index is 0. The van der Waals surface area contributed by atoms with Crippen LogP contribution in [0.25, 0.3) is 0 Å². The van der Waals surface area contributed by atoms with Gasteiger partial charge >= 0.3 is 0 Å². The molecule has 3 aliphatic carbocycles. The van der Waals surface area contributed by atoms with Crippen LogP contribution < -0.4 is 20.5 Å². The fourth-order valence-electron chi connectivity index (χ4n) is 5.44. The lowest BCUT2D eigenvalue weighted by Crippen LogP contribution is -2.49. The maximum absolute atomic E-state index is 12.8. The molecule has 2 atom stereocenters. The summed E-state index contributed by atoms with van der Waals surface area (Å²) in [7, 11) is 1.67. The highest BCUT2D eigenvalue weighted by Crippen LogP contribution is 2.42. The molecule has 3 N–H and O–H groups in total. The Morgan fingerprint density at radius 1 is 1.07 bits per heavy atom. The summed E-state index contributed by atoms with van der Waals surface area (Å²) >= 11 is 0. The molecule has 1 amide bonds. The average Bonchev–Trinajstić information content (AvgIpc) is 3.20. The van der Waals surface area contributed by atoms with Gasteiger partial charge in [-0.3, -0.25) is 4.79 Å². The van der Waals surface area contributed by atoms with Gasteiger partial charge in [0.2, 0.25) is 5.91 Å². The van der Waals surface area contributed by atoms with Crippen LogP contribution in [0.1, 0.15) is 63.4 Å². The summed E-state index contributed by atoms with van der Waals surface area (Å²) in [4.78, 5) is 12.8. The van der Waals surface area contributed by atoms with Gasteiger partial charge in [-0.1, -0.05) is 12.5 Å². The Balaban J connectivity index is 0.00000240. The van der Waals surface area contributed by atoms with Gasteiger partial charge in [0.05, 0.1) is 13.2 Å². The zero-order chi connectivity index (χ0) is 19.5. The van der Waals surface area contributed by atoms with Crippen molar-refractivity contribution < 1.29 is 14.3 Å². The van der Waals surface area contributed by atoms with Gasteiger partial charge in [0.1, 0.15) is 0 Å². The van der Waals surface area contributed by atoms with Gasteiger partial charge in [-0.25, -0.2) is 0 Å². The fourth-order valence-corrected chi connectivity index (χ4v) is 5.44. The van der Waals surface area contributed by atoms with E-state index in [1.54, 1.807) is 7.11 Å². The number of methoxy groups -OCH3 is 1. The summed E-state index contributed by atoms with van der Waals surface area (Å²) in [6.07, 6.45) is 10.5. The predicted molar refractivity (Wildman–Crippen MR) is 117 cm³/mol. The Kier molecular flexibility index (Phi) is 7.69. The number of rotatable bonds is 6. The highest BCUT2D eigenvalue weighted by molar-refractivity contribution is 5.85. The number of hydrogen-bond acceptors (Lipinski definition) is 4. The number of ether oxygens (including phenoxy) is 2. The number of carbonyl (C=O) groups excluding carboxylic acids is 1. The Bertz CT molecular complexity index is 679. The monoisotopic (exact) mass is 422 g/mol. The van der Waals surface area contributed by atoms with Crippen LogP contribution in [0.5, 0.6) is 11.5 Å². The zero-order valence-electron chi connectivity index (χ0n) is 17.4. The maximum atomic E-state index is 12.8. The number of nitrogens with two attached hydrogens (primary N) is 1. The second-order valence-electron chi connectivity index (χ2n) is 8.92. The third-order valence-electron chi connectivity index (χ3n) is 7.07. The third kappa shape index (κ3) is 5.18. The van der Waals surface area contributed by atoms with Crippen LogP contribution in [-0.2, 0) is 11.3 Å². The molecule has 1 aromatic rings. The summed E-state index contributed by atoms with van der Waals surface area (Å²) in [6, 6.07) is 6.28. The molecule has 5 nitrogen and oxygen atoms in total. The fraction of sp³-hybridized carbons (Fsp3) is 0.696. The van der Waals surface area contributed by atoms with Crippen LogP contribution >= 0.6 is 12.4 Å². The number of halogens is 1. The number of carbonyl (C=O) groups is 1. The molecule has 3 fully saturated rings. The molecular weight excluding hydrogens is 388 g/mol. The van der Waals surface area contributed by atoms with Gasteiger partial charge in [0.25, 0.3) is 0 Å². The van der Waals surface area contributed by atoms with Crippen LogP contribution in [0.15, 0.2) is 18.2 Å². The molecule has 0 radical (unpaired) electrons. The standard InChI is InChI=1S/C23H34N2O3.ClH/c1-27-21-11-15(9-10-20(21)28-19-7-2-3-8-19)14-25-23(26)18-12-16-5-4-6-17(13-18)22(16)24;/h9-11,16-19,22H,2-8,12-14,24H2,1H3,(H,25,26);1H. The molecule has 1 aromatic carbocycles. The molecule has 6 heteroatoms. The van der Waals surface area contributed by atoms with Crippen LogP contribution in [0.2, 0.25) is 0 Å². The molecule has 3 saturated carbocycles. The maximum Gasteiger partial charge on any atom is 0.223 e. The van der Waals surface area contributed by atoms with E-state index in [4.69, 9.17) is 15.2 Å². The highest BCUT2D eigenvalue weighted by atomic mass is 35.5. The number of hydrogen-bond donors (Lipinski definition) is 2. The Morgan fingerprint density at radius 3 is 2.41 bits per heavy atom. The molecule has 2 bridgehead atoms. The van der Waals surface area contributed by atoms with Gasteiger partial charge < -0.3 is 20.5 Å². The Hall–Kier alpha value is -1.46. The van der Waals surface area contributed by atoms with Crippen molar-refractivity contribution in [3.63, 3.8) is 0 Å². The van der Waals surface area contributed by atoms with Crippen molar-refractivity contribution in [3.8, 4) is 11.5 Å². The second-order valence-corrected chi connectivity index (χ2v) is 8.92. The predicted octanol–water partition coefficient (Wildman–Crippen LogP) is 4.21. The minimum absolute atomic E-state index is 0. The van der Waals surface area contributed by atoms with Gasteiger partial charge in [-0.05, 0) is 80.9 Å². The summed E-state index contributed by atoms with van der Waals surface area (Å²) in [6.45, 7) is 0.525. The van der Waals surface area contributed by atoms with Crippen molar-refractivity contribution >= 4 is 18.3 Å². The normalized spacial score (nSPS) is 29.0. The molecule has 0 spiro atoms. The van der Waals surface area contributed by atoms with Gasteiger partial charge in [0.15, 0.2) is 11.5 Å². The Labute approximate surface area is 180 Å². The van der Waals surface area contributed by atoms with E-state index in [0.717, 1.165) is 42.7 Å². The quantitative estimate of drug-likeness (QED) is 0.720. The van der Waals surface area contributed by atoms with Crippen LogP contribution in [0.3, 0.4) is 0 Å². The van der Waals surface area contributed by atoms with Crippen molar-refractivity contribution in [1.82, 2.24) is 5.32 Å². The first-order valence-corrected chi connectivity index (χ1v) is 11.0. The summed E-state index contributed by atoms with van der Waals surface area (Å²) in [5.74, 6) is 2.89. The molecule has 4 rings (SSSR count). The van der Waals surface area contributed by atoms with Gasteiger partial charge in [-0.2, -0.15) is 0 Å². The number of fused-ring (bicyclic) bond motifs is 2. The molecule has 29 heavy (non-hydrogen) atoms. The molecule has 162 valence electrons. The van der Waals surface area contributed by atoms with E-state index in [0.29, 0.717) is 30.5 Å². The lowest BCUT2D eigenvalue weighted by atomic mass is 9.65. The van der Waals surface area contributed by atoms with Crippen molar-refractivity contribution in [1.29, 1.82) is 0 Å². The van der Waals surface area contributed by atoms with Gasteiger partial charge in [-0.15, -0.1) is 12.4 Å². The minimum Gasteiger partial charge on any atom is -0.493 e. The van der Waals surface area contributed by atoms with Crippen molar-refractivity contribution in [2.75, 3.05) is 7.11 Å². The van der Waals surface area contributed by atoms with E-state index >= 15 is 0 Å². The third-order valence-corrected chi connectivity index (χ3v) is 7.07. The molecule has 0 saturated heterocycles. The van der Waals surface area contributed by atoms with E-state index in [-0.39, 0.29) is 24.2 Å². The smallest absolute Gasteiger partial charge is 0.223 e. The number of benzene rings is 1. The molecule has 3 aliphatic rings. The lowest BCUT2D eigenvalue weighted by Gasteiger charge is -2.43. The van der Waals surface area contributed by atoms with Crippen LogP contribution in [0, 0.1) is 17.8 Å². The number of amides is 1. The Morgan fingerprint density at radius 2 is 1.76 bits per heavy atom. The van der Waals surface area contributed by atoms with Crippen LogP contribution in [-0.4, -0.2) is 25.2 Å². The zero-order valence-corrected chi connectivity index (χ0v) is 18.2. The first-order chi connectivity index (χ1) is 13.6. The molecule has 2 unspecified atom stereocenters. The van der Waals surface area contributed by atoms with Crippen molar-refractivity contribution in [2.24, 2.45) is 23.5 Å². The topological polar surface area (TPSA) is 73.6 Å². The lowest BCUT2D eigenvalue weighted by molar-refractivity contribution is -0.128. The van der Waals surface area contributed by atoms with E-state index < -0.39 is 0 Å². The highest BCUT2D eigenvalue weighted by Gasteiger charge is 2.40. The average molecular weight is 423 g/mol. The van der Waals surface area contributed by atoms with Crippen molar-refractivity contribution in [3.05, 3.63) is 23.8 Å². The molecular formula is C23H35ClN2O3. The van der Waals surface area contributed by atoms with E-state index in [9.17, 15) is 4.79 Å². The van der Waals surface area contributed by atoms with E-state index in [2.05, 4.69) is 5.32 Å². The largest absolute Gasteiger partial charge is 0.493 e.